The normalized spacial score (nSPS) is 12.7. The van der Waals surface area contributed by atoms with E-state index in [0.29, 0.717) is 17.2 Å². The van der Waals surface area contributed by atoms with E-state index in [0.717, 1.165) is 13.0 Å². The monoisotopic (exact) mass is 424 g/mol. The van der Waals surface area contributed by atoms with Gasteiger partial charge < -0.3 is 19.7 Å². The lowest BCUT2D eigenvalue weighted by Crippen LogP contribution is -2.06. The number of aromatic hydroxyl groups is 3. The molecule has 4 nitrogen and oxygen atoms in total. The number of hydrogen-bond acceptors (Lipinski definition) is 4. The molecule has 160 valence electrons. The van der Waals surface area contributed by atoms with Gasteiger partial charge in [0.1, 0.15) is 17.2 Å². The summed E-state index contributed by atoms with van der Waals surface area (Å²) in [5.41, 5.74) is 1.17. The van der Waals surface area contributed by atoms with Crippen LogP contribution in [0.5, 0.6) is 17.2 Å². The highest BCUT2D eigenvalue weighted by Crippen LogP contribution is 2.09. The standard InChI is InChI=1S/C9H10O.2C6H6O.C4H10OSi/c1-2-3-8-4-6-9(10)7-5-8;2*7-6-4-2-1-3-5-6;1-2-4-6-5-3-1/h2,4-7,10H,1,3H2;2*1-5,7H;1-4,6H2. The quantitative estimate of drug-likeness (QED) is 0.390. The first-order valence-electron chi connectivity index (χ1n) is 10.1. The van der Waals surface area contributed by atoms with Crippen molar-refractivity contribution in [2.45, 2.75) is 25.3 Å². The number of benzene rings is 3. The molecule has 0 radical (unpaired) electrons. The number of para-hydroxylation sites is 2. The summed E-state index contributed by atoms with van der Waals surface area (Å²) in [4.78, 5) is 0. The molecule has 3 N–H and O–H groups in total. The summed E-state index contributed by atoms with van der Waals surface area (Å²) in [5, 5.41) is 26.2. The summed E-state index contributed by atoms with van der Waals surface area (Å²) in [6.45, 7) is 4.68. The first-order valence-corrected chi connectivity index (χ1v) is 11.6. The molecule has 4 rings (SSSR count). The van der Waals surface area contributed by atoms with Crippen LogP contribution in [-0.4, -0.2) is 31.7 Å². The van der Waals surface area contributed by atoms with Crippen LogP contribution in [0.1, 0.15) is 18.4 Å². The van der Waals surface area contributed by atoms with E-state index in [4.69, 9.17) is 19.7 Å². The van der Waals surface area contributed by atoms with E-state index in [9.17, 15) is 0 Å². The molecule has 3 aromatic rings. The van der Waals surface area contributed by atoms with Crippen molar-refractivity contribution in [2.24, 2.45) is 0 Å². The van der Waals surface area contributed by atoms with Crippen LogP contribution in [0, 0.1) is 0 Å². The molecule has 1 fully saturated rings. The maximum Gasteiger partial charge on any atom is 0.161 e. The number of rotatable bonds is 2. The molecule has 5 heteroatoms. The number of phenols is 3. The maximum atomic E-state index is 8.90. The second-order valence-electron chi connectivity index (χ2n) is 6.50. The number of hydrogen-bond donors (Lipinski definition) is 3. The molecule has 0 amide bonds. The fraction of sp³-hybridized carbons (Fsp3) is 0.200. The highest BCUT2D eigenvalue weighted by molar-refractivity contribution is 6.27. The minimum Gasteiger partial charge on any atom is -0.508 e. The molecule has 1 aliphatic heterocycles. The van der Waals surface area contributed by atoms with E-state index in [1.807, 2.05) is 30.3 Å². The predicted octanol–water partition coefficient (Wildman–Crippen LogP) is 5.20. The van der Waals surface area contributed by atoms with Gasteiger partial charge in [-0.05, 0) is 60.8 Å². The van der Waals surface area contributed by atoms with E-state index in [1.54, 1.807) is 60.7 Å². The fourth-order valence-electron chi connectivity index (χ4n) is 2.34. The van der Waals surface area contributed by atoms with Gasteiger partial charge in [-0.15, -0.1) is 6.58 Å². The fourth-order valence-corrected chi connectivity index (χ4v) is 3.51. The average Bonchev–Trinajstić information content (AvgIpc) is 2.79. The van der Waals surface area contributed by atoms with Crippen LogP contribution in [0.15, 0.2) is 97.6 Å². The molecule has 1 saturated heterocycles. The van der Waals surface area contributed by atoms with Gasteiger partial charge in [-0.2, -0.15) is 0 Å². The van der Waals surface area contributed by atoms with Crippen LogP contribution in [0.3, 0.4) is 0 Å². The van der Waals surface area contributed by atoms with Crippen LogP contribution in [-0.2, 0) is 10.8 Å². The third kappa shape index (κ3) is 14.0. The summed E-state index contributed by atoms with van der Waals surface area (Å²) in [6, 6.07) is 26.0. The van der Waals surface area contributed by atoms with E-state index in [1.165, 1.54) is 24.4 Å². The lowest BCUT2D eigenvalue weighted by Gasteiger charge is -2.07. The van der Waals surface area contributed by atoms with E-state index < -0.39 is 0 Å². The first-order chi connectivity index (χ1) is 14.6. The van der Waals surface area contributed by atoms with Crippen molar-refractivity contribution >= 4 is 9.76 Å². The average molecular weight is 425 g/mol. The van der Waals surface area contributed by atoms with Crippen LogP contribution in [0.2, 0.25) is 6.04 Å². The van der Waals surface area contributed by atoms with Gasteiger partial charge in [0.25, 0.3) is 0 Å². The lowest BCUT2D eigenvalue weighted by molar-refractivity contribution is 0.304. The number of phenolic OH excluding ortho intramolecular Hbond substituents is 3. The Kier molecular flexibility index (Phi) is 14.1. The van der Waals surface area contributed by atoms with Gasteiger partial charge in [0.05, 0.1) is 0 Å². The van der Waals surface area contributed by atoms with Gasteiger partial charge in [0.2, 0.25) is 0 Å². The Labute approximate surface area is 182 Å². The van der Waals surface area contributed by atoms with Gasteiger partial charge in [0, 0.05) is 6.61 Å². The summed E-state index contributed by atoms with van der Waals surface area (Å²) >= 11 is 0. The molecule has 0 aromatic heterocycles. The van der Waals surface area contributed by atoms with Crippen LogP contribution in [0.4, 0.5) is 0 Å². The van der Waals surface area contributed by atoms with Gasteiger partial charge in [-0.25, -0.2) is 0 Å². The minimum atomic E-state index is 0.00849. The largest absolute Gasteiger partial charge is 0.508 e. The Morgan fingerprint density at radius 2 is 1.23 bits per heavy atom. The van der Waals surface area contributed by atoms with Gasteiger partial charge in [0.15, 0.2) is 9.76 Å². The Balaban J connectivity index is 0.000000204. The molecular weight excluding hydrogens is 392 g/mol. The SMILES string of the molecule is C1CC[SiH2]OC1.C=CCc1ccc(O)cc1.Oc1ccccc1.Oc1ccccc1. The van der Waals surface area contributed by atoms with Crippen molar-refractivity contribution in [1.82, 2.24) is 0 Å². The topological polar surface area (TPSA) is 69.9 Å². The predicted molar refractivity (Wildman–Crippen MR) is 127 cm³/mol. The molecule has 0 bridgehead atoms. The van der Waals surface area contributed by atoms with Crippen molar-refractivity contribution in [2.75, 3.05) is 6.61 Å². The zero-order valence-corrected chi connectivity index (χ0v) is 18.8. The first kappa shape index (κ1) is 25.0. The summed E-state index contributed by atoms with van der Waals surface area (Å²) in [5.74, 6) is 0.956. The van der Waals surface area contributed by atoms with E-state index in [2.05, 4.69) is 6.58 Å². The van der Waals surface area contributed by atoms with Gasteiger partial charge in [-0.3, -0.25) is 0 Å². The second kappa shape index (κ2) is 16.9. The summed E-state index contributed by atoms with van der Waals surface area (Å²) in [6.07, 6.45) is 5.45. The molecule has 1 heterocycles. The van der Waals surface area contributed by atoms with E-state index in [-0.39, 0.29) is 9.76 Å². The molecule has 0 unspecified atom stereocenters. The molecule has 0 atom stereocenters. The highest BCUT2D eigenvalue weighted by Gasteiger charge is 1.96. The third-order valence-corrected chi connectivity index (χ3v) is 5.27. The van der Waals surface area contributed by atoms with Gasteiger partial charge >= 0.3 is 0 Å². The second-order valence-corrected chi connectivity index (χ2v) is 8.03. The number of allylic oxidation sites excluding steroid dienone is 1. The highest BCUT2D eigenvalue weighted by atomic mass is 28.2. The molecule has 0 aliphatic carbocycles. The Morgan fingerprint density at radius 1 is 0.733 bits per heavy atom. The summed E-state index contributed by atoms with van der Waals surface area (Å²) < 4.78 is 5.21. The Bertz CT molecular complexity index is 724. The van der Waals surface area contributed by atoms with Crippen LogP contribution >= 0.6 is 0 Å². The molecule has 30 heavy (non-hydrogen) atoms. The van der Waals surface area contributed by atoms with Gasteiger partial charge in [-0.1, -0.05) is 61.0 Å². The Hall–Kier alpha value is -3.02. The zero-order chi connectivity index (χ0) is 21.9. The van der Waals surface area contributed by atoms with Crippen molar-refractivity contribution in [1.29, 1.82) is 0 Å². The zero-order valence-electron chi connectivity index (χ0n) is 17.4. The third-order valence-electron chi connectivity index (χ3n) is 3.91. The molecule has 3 aromatic carbocycles. The van der Waals surface area contributed by atoms with Crippen molar-refractivity contribution in [3.63, 3.8) is 0 Å². The lowest BCUT2D eigenvalue weighted by atomic mass is 10.1. The molecule has 1 aliphatic rings. The summed E-state index contributed by atoms with van der Waals surface area (Å²) in [7, 11) is 0.00849. The maximum absolute atomic E-state index is 8.90. The van der Waals surface area contributed by atoms with Crippen LogP contribution < -0.4 is 0 Å². The van der Waals surface area contributed by atoms with Crippen molar-refractivity contribution in [3.8, 4) is 17.2 Å². The Morgan fingerprint density at radius 3 is 1.50 bits per heavy atom. The van der Waals surface area contributed by atoms with Crippen molar-refractivity contribution < 1.29 is 19.7 Å². The van der Waals surface area contributed by atoms with Crippen LogP contribution in [0.25, 0.3) is 0 Å². The molecular formula is C25H32O4Si. The minimum absolute atomic E-state index is 0.00849. The smallest absolute Gasteiger partial charge is 0.161 e. The molecule has 0 spiro atoms. The van der Waals surface area contributed by atoms with E-state index >= 15 is 0 Å². The molecule has 0 saturated carbocycles. The van der Waals surface area contributed by atoms with Crippen molar-refractivity contribution in [3.05, 3.63) is 103 Å².